The Morgan fingerprint density at radius 1 is 0.265 bits per heavy atom. The van der Waals surface area contributed by atoms with Gasteiger partial charge in [-0.15, -0.1) is 26.3 Å². The molecule has 0 heterocycles. The van der Waals surface area contributed by atoms with E-state index >= 15 is 0 Å². The van der Waals surface area contributed by atoms with Crippen LogP contribution in [-0.2, 0) is 52.4 Å². The van der Waals surface area contributed by atoms with E-state index in [-0.39, 0.29) is 75.5 Å². The molecule has 0 N–H and O–H groups in total. The molecule has 0 fully saturated rings. The normalized spacial score (nSPS) is 19.5. The minimum absolute atomic E-state index is 0. The molecule has 49 heavy (non-hydrogen) atoms. The van der Waals surface area contributed by atoms with E-state index in [1.807, 2.05) is 0 Å². The van der Waals surface area contributed by atoms with Gasteiger partial charge in [0, 0.05) is 76.1 Å². The van der Waals surface area contributed by atoms with Crippen LogP contribution in [-0.4, -0.2) is 39.2 Å². The van der Waals surface area contributed by atoms with Crippen molar-refractivity contribution in [3.63, 3.8) is 0 Å². The number of allylic oxidation sites excluding steroid dienone is 16. The summed E-state index contributed by atoms with van der Waals surface area (Å²) in [5, 5.41) is 6.70. The van der Waals surface area contributed by atoms with Crippen molar-refractivity contribution in [1.82, 2.24) is 0 Å². The van der Waals surface area contributed by atoms with E-state index in [1.54, 1.807) is 20.8 Å². The summed E-state index contributed by atoms with van der Waals surface area (Å²) in [6.07, 6.45) is 0. The fraction of sp³-hybridized carbons (Fsp3) is 0.455. The molecule has 0 aromatic rings. The van der Waals surface area contributed by atoms with Gasteiger partial charge in [-0.2, -0.15) is 0 Å². The van der Waals surface area contributed by atoms with E-state index in [0.717, 1.165) is 0 Å². The molecule has 0 saturated heterocycles. The van der Waals surface area contributed by atoms with Crippen LogP contribution in [0.4, 0.5) is 0 Å². The van der Waals surface area contributed by atoms with E-state index in [4.69, 9.17) is 0 Å². The van der Waals surface area contributed by atoms with Gasteiger partial charge < -0.3 is 0 Å². The molecule has 0 aromatic carbocycles. The smallest absolute Gasteiger partial charge is 0.106 e. The van der Waals surface area contributed by atoms with Crippen molar-refractivity contribution in [2.24, 2.45) is 0 Å². The molecule has 0 unspecified atom stereocenters. The van der Waals surface area contributed by atoms with E-state index in [2.05, 4.69) is 163 Å². The third-order valence-electron chi connectivity index (χ3n) is 12.2. The number of rotatable bonds is 4. The van der Waals surface area contributed by atoms with Crippen molar-refractivity contribution in [3.8, 4) is 0 Å². The van der Waals surface area contributed by atoms with Crippen molar-refractivity contribution in [1.29, 1.82) is 0 Å². The Morgan fingerprint density at radius 3 is 0.469 bits per heavy atom. The van der Waals surface area contributed by atoms with Crippen molar-refractivity contribution in [2.75, 3.05) is 0 Å². The molecule has 0 aromatic heterocycles. The van der Waals surface area contributed by atoms with Gasteiger partial charge in [-0.25, -0.2) is 0 Å². The van der Waals surface area contributed by atoms with Gasteiger partial charge in [-0.1, -0.05) is 119 Å². The van der Waals surface area contributed by atoms with Gasteiger partial charge in [0.25, 0.3) is 0 Å². The molecule has 0 bridgehead atoms. The fourth-order valence-corrected chi connectivity index (χ4v) is 18.4. The second-order valence-corrected chi connectivity index (χ2v) is 23.2. The summed E-state index contributed by atoms with van der Waals surface area (Å²) in [6, 6.07) is 0. The van der Waals surface area contributed by atoms with Crippen LogP contribution < -0.4 is 0 Å². The molecule has 260 valence electrons. The minimum Gasteiger partial charge on any atom is -0.106 e. The maximum atomic E-state index is 3.00. The van der Waals surface area contributed by atoms with E-state index < -0.39 is 16.1 Å². The first-order chi connectivity index (χ1) is 21.1. The first kappa shape index (κ1) is 53.7. The molecular formula is C44H68MgSi2Zr2+2. The van der Waals surface area contributed by atoms with E-state index in [9.17, 15) is 0 Å². The van der Waals surface area contributed by atoms with Crippen molar-refractivity contribution < 1.29 is 52.4 Å². The van der Waals surface area contributed by atoms with Gasteiger partial charge >= 0.3 is 23.1 Å². The predicted octanol–water partition coefficient (Wildman–Crippen LogP) is 13.8. The van der Waals surface area contributed by atoms with Crippen LogP contribution in [0.15, 0.2) is 114 Å². The predicted molar refractivity (Wildman–Crippen MR) is 223 cm³/mol. The van der Waals surface area contributed by atoms with E-state index in [0.29, 0.717) is 0 Å². The van der Waals surface area contributed by atoms with Crippen LogP contribution >= 0.6 is 0 Å². The minimum atomic E-state index is -1.65. The quantitative estimate of drug-likeness (QED) is 0.195. The van der Waals surface area contributed by atoms with E-state index in [1.165, 1.54) is 90.5 Å². The molecular weight excluding hydrogens is 791 g/mol. The van der Waals surface area contributed by atoms with Crippen molar-refractivity contribution >= 4 is 39.2 Å². The zero-order chi connectivity index (χ0) is 36.5. The average molecular weight is 860 g/mol. The summed E-state index contributed by atoms with van der Waals surface area (Å²) in [4.78, 5) is 0. The monoisotopic (exact) mass is 856 g/mol. The van der Waals surface area contributed by atoms with Gasteiger partial charge in [0.2, 0.25) is 0 Å². The topological polar surface area (TPSA) is 0 Å². The molecule has 0 atom stereocenters. The summed E-state index contributed by atoms with van der Waals surface area (Å²) >= 11 is 0. The summed E-state index contributed by atoms with van der Waals surface area (Å²) in [5.41, 5.74) is 18.1. The van der Waals surface area contributed by atoms with Gasteiger partial charge in [0.15, 0.2) is 0 Å². The molecule has 5 heteroatoms. The zero-order valence-electron chi connectivity index (χ0n) is 35.5. The molecule has 4 aliphatic rings. The van der Waals surface area contributed by atoms with Gasteiger partial charge in [-0.3, -0.25) is 0 Å². The summed E-state index contributed by atoms with van der Waals surface area (Å²) in [7, 11) is -3.31. The Bertz CT molecular complexity index is 1290. The fourth-order valence-electron chi connectivity index (χ4n) is 8.88. The third-order valence-corrected chi connectivity index (χ3v) is 20.2. The van der Waals surface area contributed by atoms with Crippen LogP contribution in [0.2, 0.25) is 26.2 Å². The Morgan fingerprint density at radius 2 is 0.388 bits per heavy atom. The molecule has 0 aliphatic heterocycles. The van der Waals surface area contributed by atoms with Crippen LogP contribution in [0.25, 0.3) is 0 Å². The molecule has 0 saturated carbocycles. The number of hydrogen-bond donors (Lipinski definition) is 0. The average Bonchev–Trinajstić information content (AvgIpc) is 3.51. The third kappa shape index (κ3) is 9.55. The summed E-state index contributed by atoms with van der Waals surface area (Å²) in [5.74, 6) is 6.16. The SMILES string of the molecule is C=C.C=C.C[C]1C(C)=C(C)C(C)=C1[Si](C)(C)C1=C(C)C(C)=C(C)[C]1C.C[C]1C(C)=C(C)C(C)=C1[Si](C)(C)C1=C(C)C(C)=C(C)[C]1C.[Mg+2].[Zr].[Zr]. The van der Waals surface area contributed by atoms with Gasteiger partial charge in [-0.05, 0) is 105 Å². The Labute approximate surface area is 362 Å². The molecule has 0 nitrogen and oxygen atoms in total. The largest absolute Gasteiger partial charge is 2.00 e. The second-order valence-electron chi connectivity index (χ2n) is 14.8. The van der Waals surface area contributed by atoms with Crippen LogP contribution in [0.1, 0.15) is 111 Å². The van der Waals surface area contributed by atoms with Gasteiger partial charge in [0.1, 0.15) is 16.1 Å². The molecule has 4 aliphatic carbocycles. The maximum Gasteiger partial charge on any atom is 2.00 e. The summed E-state index contributed by atoms with van der Waals surface area (Å²) < 4.78 is 0. The molecule has 0 amide bonds. The molecule has 0 spiro atoms. The van der Waals surface area contributed by atoms with Crippen LogP contribution in [0, 0.1) is 23.7 Å². The maximum absolute atomic E-state index is 3.00. The van der Waals surface area contributed by atoms with Crippen molar-refractivity contribution in [2.45, 2.75) is 137 Å². The number of hydrogen-bond acceptors (Lipinski definition) is 0. The van der Waals surface area contributed by atoms with Crippen LogP contribution in [0.3, 0.4) is 0 Å². The first-order valence-electron chi connectivity index (χ1n) is 17.0. The van der Waals surface area contributed by atoms with Crippen molar-refractivity contribution in [3.05, 3.63) is 138 Å². The van der Waals surface area contributed by atoms with Crippen LogP contribution in [0.5, 0.6) is 0 Å². The molecule has 4 radical (unpaired) electrons. The standard InChI is InChI=1S/2C20H30Si.2C2H4.Mg.2Zr/c2*1-11-12(2)16(6)19(15(11)5)21(9,10)20-17(7)13(3)14(4)18(20)8;2*1-2;;;/h2*1-10H3;2*1-2H2;;;/q;;;;+2;;. The summed E-state index contributed by atoms with van der Waals surface area (Å²) in [6.45, 7) is 59.0. The Kier molecular flexibility index (Phi) is 22.7. The van der Waals surface area contributed by atoms with Gasteiger partial charge in [0.05, 0.1) is 0 Å². The Balaban J connectivity index is -0.000000742. The Hall–Kier alpha value is 0.366. The molecule has 4 rings (SSSR count). The second kappa shape index (κ2) is 20.7. The first-order valence-corrected chi connectivity index (χ1v) is 23.0. The zero-order valence-corrected chi connectivity index (χ0v) is 43.9.